The fraction of sp³-hybridized carbons (Fsp3) is 0.455. The highest BCUT2D eigenvalue weighted by Gasteiger charge is 2.21. The predicted octanol–water partition coefficient (Wildman–Crippen LogP) is 5.28. The highest BCUT2D eigenvalue weighted by molar-refractivity contribution is 5.85. The molecule has 2 N–H and O–H groups in total. The summed E-state index contributed by atoms with van der Waals surface area (Å²) in [4.78, 5) is 2.65. The quantitative estimate of drug-likeness (QED) is 0.620. The Morgan fingerprint density at radius 3 is 2.26 bits per heavy atom. The van der Waals surface area contributed by atoms with E-state index in [2.05, 4.69) is 77.1 Å². The molecular weight excluding hydrogens is 377 g/mol. The van der Waals surface area contributed by atoms with Crippen LogP contribution in [0.15, 0.2) is 54.6 Å². The second-order valence-electron chi connectivity index (χ2n) is 6.91. The minimum Gasteiger partial charge on any atom is -0.381 e. The Bertz CT molecular complexity index is 613. The van der Waals surface area contributed by atoms with Crippen LogP contribution < -0.4 is 10.6 Å². The molecule has 150 valence electrons. The first-order valence-electron chi connectivity index (χ1n) is 9.69. The number of anilines is 1. The first-order valence-corrected chi connectivity index (χ1v) is 9.69. The Kier molecular flexibility index (Phi) is 11.5. The Morgan fingerprint density at radius 1 is 0.963 bits per heavy atom. The molecule has 0 spiro atoms. The van der Waals surface area contributed by atoms with Crippen LogP contribution in [0.25, 0.3) is 0 Å². The summed E-state index contributed by atoms with van der Waals surface area (Å²) in [6.07, 6.45) is 3.81. The number of nitrogens with zero attached hydrogens (tertiary/aromatic N) is 1. The smallest absolute Gasteiger partial charge is 0.0400 e. The zero-order chi connectivity index (χ0) is 17.3. The summed E-state index contributed by atoms with van der Waals surface area (Å²) < 4.78 is 0. The normalized spacial score (nSPS) is 15.3. The molecule has 3 rings (SSSR count). The van der Waals surface area contributed by atoms with Crippen LogP contribution in [0.3, 0.4) is 0 Å². The number of nitrogens with one attached hydrogen (secondary N) is 2. The van der Waals surface area contributed by atoms with Gasteiger partial charge in [-0.25, -0.2) is 0 Å². The molecule has 1 saturated heterocycles. The molecule has 0 bridgehead atoms. The second-order valence-corrected chi connectivity index (χ2v) is 6.91. The van der Waals surface area contributed by atoms with Gasteiger partial charge in [-0.15, -0.1) is 24.8 Å². The molecular formula is C22H33Cl2N3. The van der Waals surface area contributed by atoms with Crippen molar-refractivity contribution in [2.75, 3.05) is 31.5 Å². The van der Waals surface area contributed by atoms with Crippen molar-refractivity contribution < 1.29 is 0 Å². The molecule has 1 heterocycles. The first-order chi connectivity index (χ1) is 12.4. The van der Waals surface area contributed by atoms with Gasteiger partial charge >= 0.3 is 0 Å². The van der Waals surface area contributed by atoms with Crippen molar-refractivity contribution in [1.29, 1.82) is 0 Å². The number of unbranched alkanes of at least 4 members (excludes halogenated alkanes) is 1. The molecule has 1 fully saturated rings. The molecule has 0 aliphatic carbocycles. The first kappa shape index (κ1) is 23.8. The van der Waals surface area contributed by atoms with E-state index in [0.717, 1.165) is 32.7 Å². The SMILES string of the molecule is CCCC[C@H](c1ccc(NCc2ccccc2)cc1)N1CCNCC1.Cl.Cl. The largest absolute Gasteiger partial charge is 0.381 e. The van der Waals surface area contributed by atoms with E-state index in [4.69, 9.17) is 0 Å². The third-order valence-corrected chi connectivity index (χ3v) is 5.06. The molecule has 1 aliphatic rings. The van der Waals surface area contributed by atoms with E-state index in [1.54, 1.807) is 0 Å². The van der Waals surface area contributed by atoms with E-state index in [0.29, 0.717) is 6.04 Å². The van der Waals surface area contributed by atoms with E-state index < -0.39 is 0 Å². The third kappa shape index (κ3) is 7.34. The van der Waals surface area contributed by atoms with Gasteiger partial charge in [0.15, 0.2) is 0 Å². The Morgan fingerprint density at radius 2 is 1.63 bits per heavy atom. The zero-order valence-corrected chi connectivity index (χ0v) is 17.8. The van der Waals surface area contributed by atoms with Gasteiger partial charge in [0.05, 0.1) is 0 Å². The Labute approximate surface area is 176 Å². The summed E-state index contributed by atoms with van der Waals surface area (Å²) in [6, 6.07) is 20.2. The Balaban J connectivity index is 0.00000182. The van der Waals surface area contributed by atoms with E-state index in [9.17, 15) is 0 Å². The van der Waals surface area contributed by atoms with E-state index in [-0.39, 0.29) is 24.8 Å². The predicted molar refractivity (Wildman–Crippen MR) is 121 cm³/mol. The molecule has 0 radical (unpaired) electrons. The fourth-order valence-corrected chi connectivity index (χ4v) is 3.57. The van der Waals surface area contributed by atoms with E-state index >= 15 is 0 Å². The van der Waals surface area contributed by atoms with Crippen LogP contribution in [0.4, 0.5) is 5.69 Å². The average molecular weight is 410 g/mol. The summed E-state index contributed by atoms with van der Waals surface area (Å²) in [5.74, 6) is 0. The number of benzene rings is 2. The molecule has 0 amide bonds. The van der Waals surface area contributed by atoms with E-state index in [1.807, 2.05) is 0 Å². The molecule has 5 heteroatoms. The summed E-state index contributed by atoms with van der Waals surface area (Å²) in [5, 5.41) is 6.99. The highest BCUT2D eigenvalue weighted by Crippen LogP contribution is 2.28. The monoisotopic (exact) mass is 409 g/mol. The van der Waals surface area contributed by atoms with Crippen LogP contribution >= 0.6 is 24.8 Å². The number of hydrogen-bond donors (Lipinski definition) is 2. The fourth-order valence-electron chi connectivity index (χ4n) is 3.57. The van der Waals surface area contributed by atoms with Crippen molar-refractivity contribution in [3.05, 3.63) is 65.7 Å². The highest BCUT2D eigenvalue weighted by atomic mass is 35.5. The molecule has 27 heavy (non-hydrogen) atoms. The van der Waals surface area contributed by atoms with Crippen molar-refractivity contribution in [2.24, 2.45) is 0 Å². The molecule has 0 aromatic heterocycles. The van der Waals surface area contributed by atoms with Crippen LogP contribution in [0.1, 0.15) is 43.4 Å². The van der Waals surface area contributed by atoms with E-state index in [1.165, 1.54) is 36.1 Å². The summed E-state index contributed by atoms with van der Waals surface area (Å²) >= 11 is 0. The third-order valence-electron chi connectivity index (χ3n) is 5.06. The van der Waals surface area contributed by atoms with Crippen molar-refractivity contribution in [3.63, 3.8) is 0 Å². The van der Waals surface area contributed by atoms with Gasteiger partial charge in [0.25, 0.3) is 0 Å². The summed E-state index contributed by atoms with van der Waals surface area (Å²) in [7, 11) is 0. The minimum atomic E-state index is 0. The minimum absolute atomic E-state index is 0. The maximum Gasteiger partial charge on any atom is 0.0400 e. The van der Waals surface area contributed by atoms with Crippen molar-refractivity contribution >= 4 is 30.5 Å². The van der Waals surface area contributed by atoms with Gasteiger partial charge in [0, 0.05) is 44.5 Å². The van der Waals surface area contributed by atoms with Gasteiger partial charge in [0.2, 0.25) is 0 Å². The molecule has 2 aromatic carbocycles. The topological polar surface area (TPSA) is 27.3 Å². The van der Waals surface area contributed by atoms with Crippen LogP contribution in [-0.4, -0.2) is 31.1 Å². The van der Waals surface area contributed by atoms with Gasteiger partial charge in [0.1, 0.15) is 0 Å². The molecule has 1 aliphatic heterocycles. The summed E-state index contributed by atoms with van der Waals surface area (Å²) in [5.41, 5.74) is 3.97. The Hall–Kier alpha value is -1.26. The number of rotatable bonds is 8. The van der Waals surface area contributed by atoms with Gasteiger partial charge in [-0.05, 0) is 29.7 Å². The van der Waals surface area contributed by atoms with Crippen molar-refractivity contribution in [2.45, 2.75) is 38.8 Å². The lowest BCUT2D eigenvalue weighted by Crippen LogP contribution is -2.45. The molecule has 0 unspecified atom stereocenters. The van der Waals surface area contributed by atoms with Crippen LogP contribution in [0.2, 0.25) is 0 Å². The van der Waals surface area contributed by atoms with Gasteiger partial charge in [-0.2, -0.15) is 0 Å². The van der Waals surface area contributed by atoms with Gasteiger partial charge in [-0.1, -0.05) is 62.2 Å². The van der Waals surface area contributed by atoms with Gasteiger partial charge < -0.3 is 10.6 Å². The van der Waals surface area contributed by atoms with Crippen molar-refractivity contribution in [3.8, 4) is 0 Å². The summed E-state index contributed by atoms with van der Waals surface area (Å²) in [6.45, 7) is 7.69. The van der Waals surface area contributed by atoms with Crippen LogP contribution in [-0.2, 0) is 6.54 Å². The number of halogens is 2. The molecule has 0 saturated carbocycles. The lowest BCUT2D eigenvalue weighted by Gasteiger charge is -2.35. The lowest BCUT2D eigenvalue weighted by molar-refractivity contribution is 0.163. The zero-order valence-electron chi connectivity index (χ0n) is 16.2. The number of hydrogen-bond acceptors (Lipinski definition) is 3. The number of piperazine rings is 1. The average Bonchev–Trinajstić information content (AvgIpc) is 2.69. The maximum atomic E-state index is 3.53. The molecule has 3 nitrogen and oxygen atoms in total. The molecule has 1 atom stereocenters. The standard InChI is InChI=1S/C22H31N3.2ClH/c1-2-3-9-22(25-16-14-23-15-17-25)20-10-12-21(13-11-20)24-18-19-7-5-4-6-8-19;;/h4-8,10-13,22-24H,2-3,9,14-18H2,1H3;2*1H/t22-;;/m1../s1. The maximum absolute atomic E-state index is 3.53. The van der Waals surface area contributed by atoms with Crippen LogP contribution in [0.5, 0.6) is 0 Å². The van der Waals surface area contributed by atoms with Gasteiger partial charge in [-0.3, -0.25) is 4.90 Å². The van der Waals surface area contributed by atoms with Crippen LogP contribution in [0, 0.1) is 0 Å². The lowest BCUT2D eigenvalue weighted by atomic mass is 9.98. The second kappa shape index (κ2) is 13.0. The van der Waals surface area contributed by atoms with Crippen molar-refractivity contribution in [1.82, 2.24) is 10.2 Å². The molecule has 2 aromatic rings.